The summed E-state index contributed by atoms with van der Waals surface area (Å²) in [5.74, 6) is -0.787. The average Bonchev–Trinajstić information content (AvgIpc) is 3.08. The van der Waals surface area contributed by atoms with Crippen molar-refractivity contribution in [1.29, 1.82) is 0 Å². The molecule has 25 heavy (non-hydrogen) atoms. The van der Waals surface area contributed by atoms with E-state index in [0.29, 0.717) is 13.0 Å². The van der Waals surface area contributed by atoms with E-state index >= 15 is 0 Å². The number of nitrogens with one attached hydrogen (secondary N) is 1. The fourth-order valence-electron chi connectivity index (χ4n) is 2.40. The number of ether oxygens (including phenoxy) is 1. The van der Waals surface area contributed by atoms with Crippen molar-refractivity contribution in [2.24, 2.45) is 11.1 Å². The minimum absolute atomic E-state index is 0.139. The van der Waals surface area contributed by atoms with Gasteiger partial charge in [0.15, 0.2) is 6.10 Å². The van der Waals surface area contributed by atoms with Gasteiger partial charge in [-0.15, -0.1) is 0 Å². The first-order valence-electron chi connectivity index (χ1n) is 7.99. The number of carbonyl (C=O) groups excluding carboxylic acids is 1. The minimum atomic E-state index is -0.934. The van der Waals surface area contributed by atoms with Crippen LogP contribution in [0, 0.1) is 5.92 Å². The summed E-state index contributed by atoms with van der Waals surface area (Å²) in [5.41, 5.74) is 1.76. The third-order valence-corrected chi connectivity index (χ3v) is 3.95. The predicted molar refractivity (Wildman–Crippen MR) is 91.8 cm³/mol. The lowest BCUT2D eigenvalue weighted by Gasteiger charge is -2.20. The summed E-state index contributed by atoms with van der Waals surface area (Å²) >= 11 is 0. The summed E-state index contributed by atoms with van der Waals surface area (Å²) in [5, 5.41) is 15.7. The standard InChI is InChI=1S/C17H23N3O5/c1-11(16(21)22)10-20(2)17(23)18-9-14-8-15(19-25-14)12-4-6-13(24-3)7-5-12/h4-7,11,14H,8-10H2,1-3H3,(H,18,23)(H,21,22). The number of aliphatic carboxylic acids is 1. The Morgan fingerprint density at radius 3 is 2.72 bits per heavy atom. The van der Waals surface area contributed by atoms with Crippen molar-refractivity contribution in [1.82, 2.24) is 10.2 Å². The molecule has 0 saturated carbocycles. The Kier molecular flexibility index (Phi) is 6.21. The molecule has 0 fully saturated rings. The molecule has 0 radical (unpaired) electrons. The first-order chi connectivity index (χ1) is 11.9. The van der Waals surface area contributed by atoms with Gasteiger partial charge >= 0.3 is 12.0 Å². The van der Waals surface area contributed by atoms with Crippen LogP contribution in [-0.2, 0) is 9.63 Å². The van der Waals surface area contributed by atoms with Crippen LogP contribution in [0.3, 0.4) is 0 Å². The minimum Gasteiger partial charge on any atom is -0.497 e. The highest BCUT2D eigenvalue weighted by molar-refractivity contribution is 6.01. The van der Waals surface area contributed by atoms with E-state index in [2.05, 4.69) is 10.5 Å². The third-order valence-electron chi connectivity index (χ3n) is 3.95. The summed E-state index contributed by atoms with van der Waals surface area (Å²) in [6.07, 6.45) is 0.341. The number of methoxy groups -OCH3 is 1. The van der Waals surface area contributed by atoms with Gasteiger partial charge in [-0.3, -0.25) is 4.79 Å². The zero-order chi connectivity index (χ0) is 18.4. The maximum absolute atomic E-state index is 12.0. The van der Waals surface area contributed by atoms with Gasteiger partial charge in [-0.25, -0.2) is 4.79 Å². The lowest BCUT2D eigenvalue weighted by atomic mass is 10.0. The van der Waals surface area contributed by atoms with Crippen molar-refractivity contribution in [3.8, 4) is 5.75 Å². The molecule has 1 aliphatic heterocycles. The van der Waals surface area contributed by atoms with Crippen LogP contribution in [0.15, 0.2) is 29.4 Å². The molecule has 8 heteroatoms. The highest BCUT2D eigenvalue weighted by Gasteiger charge is 2.24. The van der Waals surface area contributed by atoms with Gasteiger partial charge in [0.2, 0.25) is 0 Å². The topological polar surface area (TPSA) is 100 Å². The van der Waals surface area contributed by atoms with Crippen molar-refractivity contribution in [3.05, 3.63) is 29.8 Å². The fraction of sp³-hybridized carbons (Fsp3) is 0.471. The van der Waals surface area contributed by atoms with Gasteiger partial charge in [-0.05, 0) is 29.8 Å². The largest absolute Gasteiger partial charge is 0.497 e. The molecule has 2 N–H and O–H groups in total. The van der Waals surface area contributed by atoms with E-state index < -0.39 is 11.9 Å². The highest BCUT2D eigenvalue weighted by atomic mass is 16.6. The number of carboxylic acid groups (broad SMARTS) is 1. The fourth-order valence-corrected chi connectivity index (χ4v) is 2.40. The van der Waals surface area contributed by atoms with E-state index in [1.54, 1.807) is 21.1 Å². The molecule has 2 unspecified atom stereocenters. The second-order valence-electron chi connectivity index (χ2n) is 6.00. The van der Waals surface area contributed by atoms with Crippen LogP contribution < -0.4 is 10.1 Å². The highest BCUT2D eigenvalue weighted by Crippen LogP contribution is 2.19. The molecule has 2 atom stereocenters. The summed E-state index contributed by atoms with van der Waals surface area (Å²) in [6.45, 7) is 2.00. The summed E-state index contributed by atoms with van der Waals surface area (Å²) in [4.78, 5) is 29.5. The number of hydrogen-bond donors (Lipinski definition) is 2. The maximum Gasteiger partial charge on any atom is 0.317 e. The SMILES string of the molecule is COc1ccc(C2=NOC(CNC(=O)N(C)CC(C)C(=O)O)C2)cc1. The van der Waals surface area contributed by atoms with Crippen molar-refractivity contribution in [3.63, 3.8) is 0 Å². The summed E-state index contributed by atoms with van der Waals surface area (Å²) in [6, 6.07) is 7.18. The van der Waals surface area contributed by atoms with E-state index in [4.69, 9.17) is 14.7 Å². The first-order valence-corrected chi connectivity index (χ1v) is 7.99. The van der Waals surface area contributed by atoms with Crippen LogP contribution in [0.2, 0.25) is 0 Å². The van der Waals surface area contributed by atoms with E-state index in [1.807, 2.05) is 24.3 Å². The van der Waals surface area contributed by atoms with Crippen LogP contribution in [0.4, 0.5) is 4.79 Å². The van der Waals surface area contributed by atoms with E-state index in [-0.39, 0.29) is 18.7 Å². The van der Waals surface area contributed by atoms with E-state index in [0.717, 1.165) is 17.0 Å². The van der Waals surface area contributed by atoms with Gasteiger partial charge < -0.3 is 24.9 Å². The zero-order valence-corrected chi connectivity index (χ0v) is 14.6. The first kappa shape index (κ1) is 18.6. The summed E-state index contributed by atoms with van der Waals surface area (Å²) < 4.78 is 5.12. The number of hydrogen-bond acceptors (Lipinski definition) is 5. The number of benzene rings is 1. The van der Waals surface area contributed by atoms with E-state index in [9.17, 15) is 9.59 Å². The van der Waals surface area contributed by atoms with Gasteiger partial charge in [0, 0.05) is 20.0 Å². The molecule has 136 valence electrons. The molecule has 0 saturated heterocycles. The number of oxime groups is 1. The van der Waals surface area contributed by atoms with Crippen LogP contribution in [0.5, 0.6) is 5.75 Å². The second kappa shape index (κ2) is 8.36. The molecule has 1 aliphatic rings. The van der Waals surface area contributed by atoms with Gasteiger partial charge in [-0.1, -0.05) is 12.1 Å². The van der Waals surface area contributed by atoms with Crippen molar-refractivity contribution >= 4 is 17.7 Å². The quantitative estimate of drug-likeness (QED) is 0.778. The van der Waals surface area contributed by atoms with Crippen molar-refractivity contribution < 1.29 is 24.3 Å². The Balaban J connectivity index is 1.78. The Hall–Kier alpha value is -2.77. The Labute approximate surface area is 146 Å². The van der Waals surface area contributed by atoms with Gasteiger partial charge in [0.25, 0.3) is 0 Å². The third kappa shape index (κ3) is 5.10. The molecular formula is C17H23N3O5. The monoisotopic (exact) mass is 349 g/mol. The lowest BCUT2D eigenvalue weighted by molar-refractivity contribution is -0.141. The molecule has 0 spiro atoms. The maximum atomic E-state index is 12.0. The van der Waals surface area contributed by atoms with Crippen LogP contribution in [0.25, 0.3) is 0 Å². The normalized spacial score (nSPS) is 17.2. The Morgan fingerprint density at radius 2 is 2.12 bits per heavy atom. The Bertz CT molecular complexity index is 644. The lowest BCUT2D eigenvalue weighted by Crippen LogP contribution is -2.43. The molecule has 0 aliphatic carbocycles. The number of amides is 2. The van der Waals surface area contributed by atoms with Crippen molar-refractivity contribution in [2.75, 3.05) is 27.2 Å². The van der Waals surface area contributed by atoms with Crippen LogP contribution in [-0.4, -0.2) is 61.1 Å². The summed E-state index contributed by atoms with van der Waals surface area (Å²) in [7, 11) is 3.17. The number of carbonyl (C=O) groups is 2. The number of rotatable bonds is 7. The molecule has 1 heterocycles. The molecule has 8 nitrogen and oxygen atoms in total. The smallest absolute Gasteiger partial charge is 0.317 e. The van der Waals surface area contributed by atoms with Gasteiger partial charge in [0.1, 0.15) is 5.75 Å². The zero-order valence-electron chi connectivity index (χ0n) is 14.6. The van der Waals surface area contributed by atoms with Crippen LogP contribution in [0.1, 0.15) is 18.9 Å². The molecule has 0 bridgehead atoms. The van der Waals surface area contributed by atoms with Gasteiger partial charge in [0.05, 0.1) is 25.3 Å². The van der Waals surface area contributed by atoms with Crippen LogP contribution >= 0.6 is 0 Å². The molecule has 2 rings (SSSR count). The molecule has 1 aromatic carbocycles. The molecular weight excluding hydrogens is 326 g/mol. The van der Waals surface area contributed by atoms with E-state index in [1.165, 1.54) is 4.90 Å². The predicted octanol–water partition coefficient (Wildman–Crippen LogP) is 1.55. The molecule has 1 aromatic rings. The molecule has 2 amide bonds. The average molecular weight is 349 g/mol. The Morgan fingerprint density at radius 1 is 1.44 bits per heavy atom. The number of nitrogens with zero attached hydrogens (tertiary/aromatic N) is 2. The van der Waals surface area contributed by atoms with Crippen molar-refractivity contribution in [2.45, 2.75) is 19.4 Å². The molecule has 0 aromatic heterocycles. The van der Waals surface area contributed by atoms with Gasteiger partial charge in [-0.2, -0.15) is 0 Å². The number of carboxylic acids is 1. The second-order valence-corrected chi connectivity index (χ2v) is 6.00. The number of urea groups is 1.